The second kappa shape index (κ2) is 11.9. The lowest BCUT2D eigenvalue weighted by Crippen LogP contribution is -2.39. The predicted molar refractivity (Wildman–Crippen MR) is 123 cm³/mol. The van der Waals surface area contributed by atoms with Crippen LogP contribution in [0.15, 0.2) is 28.6 Å². The van der Waals surface area contributed by atoms with Crippen molar-refractivity contribution in [2.45, 2.75) is 27.3 Å². The maximum atomic E-state index is 13.6. The van der Waals surface area contributed by atoms with Gasteiger partial charge in [-0.15, -0.1) is 35.3 Å². The molecule has 0 saturated heterocycles. The summed E-state index contributed by atoms with van der Waals surface area (Å²) < 4.78 is 13.6. The zero-order valence-corrected chi connectivity index (χ0v) is 19.7. The molecule has 1 amide bonds. The molecule has 2 N–H and O–H groups in total. The number of aryl methyl sites for hydroxylation is 2. The molecule has 0 aliphatic rings. The number of hydrogen-bond donors (Lipinski definition) is 2. The smallest absolute Gasteiger partial charge is 0.251 e. The van der Waals surface area contributed by atoms with Crippen LogP contribution in [0.4, 0.5) is 4.39 Å². The molecule has 28 heavy (non-hydrogen) atoms. The van der Waals surface area contributed by atoms with E-state index in [4.69, 9.17) is 0 Å². The van der Waals surface area contributed by atoms with Gasteiger partial charge in [0, 0.05) is 31.1 Å². The Morgan fingerprint density at radius 3 is 2.68 bits per heavy atom. The summed E-state index contributed by atoms with van der Waals surface area (Å²) in [7, 11) is 1.95. The van der Waals surface area contributed by atoms with Crippen LogP contribution in [0.1, 0.15) is 33.5 Å². The van der Waals surface area contributed by atoms with E-state index in [1.54, 1.807) is 30.4 Å². The van der Waals surface area contributed by atoms with Crippen molar-refractivity contribution in [3.05, 3.63) is 51.2 Å². The summed E-state index contributed by atoms with van der Waals surface area (Å²) in [5, 5.41) is 9.07. The highest BCUT2D eigenvalue weighted by Gasteiger charge is 2.10. The first-order valence-electron chi connectivity index (χ1n) is 8.85. The summed E-state index contributed by atoms with van der Waals surface area (Å²) in [4.78, 5) is 23.1. The lowest BCUT2D eigenvalue weighted by atomic mass is 10.1. The summed E-state index contributed by atoms with van der Waals surface area (Å²) in [6, 6.07) is 4.47. The molecule has 0 radical (unpaired) electrons. The predicted octanol–water partition coefficient (Wildman–Crippen LogP) is 3.34. The standard InChI is InChI=1S/C19H26FN5OS.HI/c1-5-21-19(25(4)11-16-12-27-14(3)24-16)23-9-8-22-18(26)15-7-6-13(2)17(20)10-15;/h6-7,10,12H,5,8-9,11H2,1-4H3,(H,21,23)(H,22,26);1H. The van der Waals surface area contributed by atoms with Crippen LogP contribution >= 0.6 is 35.3 Å². The molecule has 0 atom stereocenters. The van der Waals surface area contributed by atoms with Crippen molar-refractivity contribution in [1.29, 1.82) is 0 Å². The first kappa shape index (κ1) is 24.3. The van der Waals surface area contributed by atoms with E-state index >= 15 is 0 Å². The Kier molecular flexibility index (Phi) is 10.4. The Labute approximate surface area is 186 Å². The van der Waals surface area contributed by atoms with Crippen LogP contribution in [0.3, 0.4) is 0 Å². The molecule has 0 unspecified atom stereocenters. The van der Waals surface area contributed by atoms with Crippen LogP contribution in [0.5, 0.6) is 0 Å². The van der Waals surface area contributed by atoms with Gasteiger partial charge < -0.3 is 15.5 Å². The number of aliphatic imine (C=N–C) groups is 1. The van der Waals surface area contributed by atoms with Crippen LogP contribution in [0.25, 0.3) is 0 Å². The molecule has 6 nitrogen and oxygen atoms in total. The number of carbonyl (C=O) groups is 1. The van der Waals surface area contributed by atoms with E-state index < -0.39 is 0 Å². The van der Waals surface area contributed by atoms with Crippen LogP contribution < -0.4 is 10.6 Å². The monoisotopic (exact) mass is 519 g/mol. The Morgan fingerprint density at radius 2 is 2.07 bits per heavy atom. The number of nitrogens with zero attached hydrogens (tertiary/aromatic N) is 3. The van der Waals surface area contributed by atoms with Gasteiger partial charge in [-0.05, 0) is 38.5 Å². The number of benzene rings is 1. The molecule has 0 aliphatic carbocycles. The topological polar surface area (TPSA) is 69.6 Å². The number of carbonyl (C=O) groups excluding carboxylic acids is 1. The van der Waals surface area contributed by atoms with Crippen molar-refractivity contribution in [3.63, 3.8) is 0 Å². The van der Waals surface area contributed by atoms with Crippen molar-refractivity contribution < 1.29 is 9.18 Å². The first-order chi connectivity index (χ1) is 12.9. The van der Waals surface area contributed by atoms with Crippen molar-refractivity contribution in [2.75, 3.05) is 26.7 Å². The number of amides is 1. The minimum Gasteiger partial charge on any atom is -0.357 e. The highest BCUT2D eigenvalue weighted by molar-refractivity contribution is 14.0. The Bertz CT molecular complexity index is 811. The molecule has 0 fully saturated rings. The van der Waals surface area contributed by atoms with Crippen LogP contribution in [-0.4, -0.2) is 48.4 Å². The third kappa shape index (κ3) is 7.34. The van der Waals surface area contributed by atoms with Crippen LogP contribution in [-0.2, 0) is 6.54 Å². The minimum absolute atomic E-state index is 0. The van der Waals surface area contributed by atoms with Gasteiger partial charge in [0.05, 0.1) is 23.8 Å². The number of rotatable bonds is 7. The van der Waals surface area contributed by atoms with Gasteiger partial charge in [0.1, 0.15) is 5.82 Å². The van der Waals surface area contributed by atoms with Gasteiger partial charge in [0.2, 0.25) is 0 Å². The minimum atomic E-state index is -0.381. The summed E-state index contributed by atoms with van der Waals surface area (Å²) in [5.41, 5.74) is 1.83. The quantitative estimate of drug-likeness (QED) is 0.255. The maximum absolute atomic E-state index is 13.6. The second-order valence-electron chi connectivity index (χ2n) is 6.17. The van der Waals surface area contributed by atoms with Gasteiger partial charge in [-0.25, -0.2) is 9.37 Å². The lowest BCUT2D eigenvalue weighted by molar-refractivity contribution is 0.0954. The van der Waals surface area contributed by atoms with Crippen molar-refractivity contribution in [1.82, 2.24) is 20.5 Å². The molecule has 1 aromatic carbocycles. The third-order valence-electron chi connectivity index (χ3n) is 3.86. The van der Waals surface area contributed by atoms with Crippen LogP contribution in [0, 0.1) is 19.7 Å². The Hall–Kier alpha value is -1.75. The molecule has 0 bridgehead atoms. The summed E-state index contributed by atoms with van der Waals surface area (Å²) >= 11 is 1.62. The van der Waals surface area contributed by atoms with Gasteiger partial charge in [-0.3, -0.25) is 9.79 Å². The zero-order valence-electron chi connectivity index (χ0n) is 16.6. The van der Waals surface area contributed by atoms with Crippen molar-refractivity contribution >= 4 is 47.2 Å². The molecule has 0 spiro atoms. The molecule has 1 aromatic heterocycles. The molecule has 9 heteroatoms. The molecule has 1 heterocycles. The first-order valence-corrected chi connectivity index (χ1v) is 9.73. The van der Waals surface area contributed by atoms with E-state index in [0.717, 1.165) is 23.2 Å². The fourth-order valence-electron chi connectivity index (χ4n) is 2.44. The number of nitrogens with one attached hydrogen (secondary N) is 2. The lowest BCUT2D eigenvalue weighted by Gasteiger charge is -2.21. The fraction of sp³-hybridized carbons (Fsp3) is 0.421. The average Bonchev–Trinajstić information content (AvgIpc) is 3.04. The highest BCUT2D eigenvalue weighted by atomic mass is 127. The Morgan fingerprint density at radius 1 is 1.32 bits per heavy atom. The highest BCUT2D eigenvalue weighted by Crippen LogP contribution is 2.10. The van der Waals surface area contributed by atoms with Gasteiger partial charge in [-0.2, -0.15) is 0 Å². The van der Waals surface area contributed by atoms with E-state index in [-0.39, 0.29) is 35.7 Å². The van der Waals surface area contributed by atoms with E-state index in [1.165, 1.54) is 6.07 Å². The van der Waals surface area contributed by atoms with E-state index in [9.17, 15) is 9.18 Å². The van der Waals surface area contributed by atoms with E-state index in [2.05, 4.69) is 20.6 Å². The molecule has 2 rings (SSSR count). The van der Waals surface area contributed by atoms with Gasteiger partial charge >= 0.3 is 0 Å². The van der Waals surface area contributed by atoms with Crippen LogP contribution in [0.2, 0.25) is 0 Å². The zero-order chi connectivity index (χ0) is 19.8. The molecule has 0 saturated carbocycles. The Balaban J connectivity index is 0.00000392. The van der Waals surface area contributed by atoms with E-state index in [0.29, 0.717) is 30.8 Å². The average molecular weight is 519 g/mol. The number of guanidine groups is 1. The van der Waals surface area contributed by atoms with E-state index in [1.807, 2.05) is 31.2 Å². The molecular formula is C19H27FIN5OS. The third-order valence-corrected chi connectivity index (χ3v) is 4.68. The molecular weight excluding hydrogens is 492 g/mol. The number of halogens is 2. The SMILES string of the molecule is CCNC(=NCCNC(=O)c1ccc(C)c(F)c1)N(C)Cc1csc(C)n1.I. The normalized spacial score (nSPS) is 11.0. The molecule has 2 aromatic rings. The summed E-state index contributed by atoms with van der Waals surface area (Å²) in [6.07, 6.45) is 0. The largest absolute Gasteiger partial charge is 0.357 e. The number of aromatic nitrogens is 1. The fourth-order valence-corrected chi connectivity index (χ4v) is 3.04. The number of hydrogen-bond acceptors (Lipinski definition) is 4. The molecule has 0 aliphatic heterocycles. The van der Waals surface area contributed by atoms with Crippen molar-refractivity contribution in [3.8, 4) is 0 Å². The maximum Gasteiger partial charge on any atom is 0.251 e. The second-order valence-corrected chi connectivity index (χ2v) is 7.23. The number of thiazole rings is 1. The van der Waals surface area contributed by atoms with Gasteiger partial charge in [0.15, 0.2) is 5.96 Å². The summed E-state index contributed by atoms with van der Waals surface area (Å²) in [5.74, 6) is 0.0631. The molecule has 154 valence electrons. The van der Waals surface area contributed by atoms with Crippen molar-refractivity contribution in [2.24, 2.45) is 4.99 Å². The van der Waals surface area contributed by atoms with Gasteiger partial charge in [0.25, 0.3) is 5.91 Å². The van der Waals surface area contributed by atoms with Gasteiger partial charge in [-0.1, -0.05) is 6.07 Å². The summed E-state index contributed by atoms with van der Waals surface area (Å²) in [6.45, 7) is 7.84.